The number of Topliss-reactive ketones (excluding diaryl/α,β-unsaturated/α-hetero) is 1. The summed E-state index contributed by atoms with van der Waals surface area (Å²) in [6.45, 7) is 1.64. The standard InChI is InChI=1S/C28H27N3O5/c29-13-16-2-1-3-18(10-16)30-26(34)19-12-28(35)21-11-17-6-7-20(32)24-22(17)27(28,25(36-24)23(19)33)8-9-31(21)14-15-4-5-15/h1-3,6-7,10,15,19,21,25,32,35H,4-5,8-9,11-12,14H2,(H,30,34)/t19?,21-,25+,27+,28-/m1/s1. The van der Waals surface area contributed by atoms with Crippen molar-refractivity contribution in [3.05, 3.63) is 53.1 Å². The lowest BCUT2D eigenvalue weighted by Gasteiger charge is -2.63. The molecule has 0 radical (unpaired) electrons. The Morgan fingerprint density at radius 1 is 1.28 bits per heavy atom. The number of aromatic hydroxyl groups is 1. The van der Waals surface area contributed by atoms with E-state index < -0.39 is 28.9 Å². The summed E-state index contributed by atoms with van der Waals surface area (Å²) in [5, 5.41) is 35.2. The number of benzene rings is 2. The molecule has 2 aromatic carbocycles. The number of likely N-dealkylation sites (tertiary alicyclic amines) is 1. The molecule has 8 heteroatoms. The molecule has 1 amide bonds. The zero-order chi connectivity index (χ0) is 24.8. The lowest BCUT2D eigenvalue weighted by molar-refractivity contribution is -0.197. The average molecular weight is 486 g/mol. The predicted molar refractivity (Wildman–Crippen MR) is 128 cm³/mol. The van der Waals surface area contributed by atoms with Gasteiger partial charge in [0, 0.05) is 23.8 Å². The van der Waals surface area contributed by atoms with Crippen LogP contribution in [0.2, 0.25) is 0 Å². The maximum atomic E-state index is 13.9. The quantitative estimate of drug-likeness (QED) is 0.568. The third kappa shape index (κ3) is 2.76. The number of carbonyl (C=O) groups excluding carboxylic acids is 2. The molecule has 2 bridgehead atoms. The van der Waals surface area contributed by atoms with Gasteiger partial charge in [0.05, 0.1) is 22.6 Å². The van der Waals surface area contributed by atoms with E-state index in [9.17, 15) is 25.1 Å². The normalized spacial score (nSPS) is 33.9. The van der Waals surface area contributed by atoms with E-state index in [1.165, 1.54) is 12.8 Å². The number of nitriles is 1. The minimum atomic E-state index is -1.36. The molecule has 7 rings (SSSR count). The number of piperidine rings is 1. The fourth-order valence-corrected chi connectivity index (χ4v) is 7.42. The monoisotopic (exact) mass is 485 g/mol. The summed E-state index contributed by atoms with van der Waals surface area (Å²) < 4.78 is 6.18. The van der Waals surface area contributed by atoms with E-state index >= 15 is 0 Å². The van der Waals surface area contributed by atoms with Gasteiger partial charge in [0.2, 0.25) is 5.91 Å². The number of rotatable bonds is 4. The topological polar surface area (TPSA) is 123 Å². The first kappa shape index (κ1) is 21.8. The lowest BCUT2D eigenvalue weighted by atomic mass is 9.47. The SMILES string of the molecule is N#Cc1cccc(NC(=O)C2C[C@@]3(O)[C@H]4Cc5ccc(O)c6c5[C@@]3(CCN4CC3CC3)[C@@H](O6)C2=O)c1. The van der Waals surface area contributed by atoms with Crippen molar-refractivity contribution in [3.8, 4) is 17.6 Å². The van der Waals surface area contributed by atoms with Crippen LogP contribution >= 0.6 is 0 Å². The Kier molecular flexibility index (Phi) is 4.43. The Balaban J connectivity index is 1.31. The molecular weight excluding hydrogens is 458 g/mol. The number of hydrogen-bond donors (Lipinski definition) is 3. The minimum absolute atomic E-state index is 0.00413. The molecule has 2 aromatic rings. The van der Waals surface area contributed by atoms with Crippen molar-refractivity contribution in [1.82, 2.24) is 4.90 Å². The number of aliphatic hydroxyl groups is 1. The van der Waals surface area contributed by atoms with Gasteiger partial charge in [-0.3, -0.25) is 14.5 Å². The zero-order valence-corrected chi connectivity index (χ0v) is 19.7. The molecule has 3 fully saturated rings. The van der Waals surface area contributed by atoms with Gasteiger partial charge in [0.25, 0.3) is 0 Å². The van der Waals surface area contributed by atoms with Crippen LogP contribution in [-0.4, -0.2) is 57.6 Å². The molecule has 2 aliphatic heterocycles. The van der Waals surface area contributed by atoms with Gasteiger partial charge < -0.3 is 20.3 Å². The number of ketones is 1. The van der Waals surface area contributed by atoms with Crippen LogP contribution in [0.5, 0.6) is 11.5 Å². The number of amides is 1. The second-order valence-corrected chi connectivity index (χ2v) is 11.1. The maximum Gasteiger partial charge on any atom is 0.235 e. The van der Waals surface area contributed by atoms with Gasteiger partial charge in [-0.15, -0.1) is 0 Å². The molecule has 36 heavy (non-hydrogen) atoms. The summed E-state index contributed by atoms with van der Waals surface area (Å²) in [5.74, 6) is -1.12. The number of ether oxygens (including phenoxy) is 1. The van der Waals surface area contributed by atoms with Crippen LogP contribution in [0, 0.1) is 23.2 Å². The molecule has 3 aliphatic carbocycles. The first-order chi connectivity index (χ1) is 17.4. The highest BCUT2D eigenvalue weighted by Crippen LogP contribution is 2.65. The van der Waals surface area contributed by atoms with E-state index in [0.29, 0.717) is 30.0 Å². The third-order valence-corrected chi connectivity index (χ3v) is 9.21. The van der Waals surface area contributed by atoms with Crippen LogP contribution in [0.4, 0.5) is 5.69 Å². The van der Waals surface area contributed by atoms with Crippen LogP contribution in [0.15, 0.2) is 36.4 Å². The van der Waals surface area contributed by atoms with Gasteiger partial charge in [0.15, 0.2) is 23.4 Å². The summed E-state index contributed by atoms with van der Waals surface area (Å²) in [4.78, 5) is 29.7. The molecule has 2 saturated carbocycles. The highest BCUT2D eigenvalue weighted by atomic mass is 16.5. The highest BCUT2D eigenvalue weighted by Gasteiger charge is 2.75. The van der Waals surface area contributed by atoms with Crippen molar-refractivity contribution < 1.29 is 24.5 Å². The van der Waals surface area contributed by atoms with E-state index in [4.69, 9.17) is 4.74 Å². The Morgan fingerprint density at radius 2 is 2.11 bits per heavy atom. The zero-order valence-electron chi connectivity index (χ0n) is 19.7. The van der Waals surface area contributed by atoms with Crippen LogP contribution in [0.25, 0.3) is 0 Å². The minimum Gasteiger partial charge on any atom is -0.504 e. The van der Waals surface area contributed by atoms with E-state index in [0.717, 1.165) is 24.2 Å². The molecule has 1 saturated heterocycles. The Hall–Kier alpha value is -3.41. The van der Waals surface area contributed by atoms with Crippen LogP contribution in [0.3, 0.4) is 0 Å². The van der Waals surface area contributed by atoms with Gasteiger partial charge in [-0.05, 0) is 74.4 Å². The second-order valence-electron chi connectivity index (χ2n) is 11.1. The Labute approximate surface area is 208 Å². The molecule has 184 valence electrons. The molecular formula is C28H27N3O5. The number of nitrogens with one attached hydrogen (secondary N) is 1. The summed E-state index contributed by atoms with van der Waals surface area (Å²) in [6, 6.07) is 11.8. The fourth-order valence-electron chi connectivity index (χ4n) is 7.42. The van der Waals surface area contributed by atoms with Crippen molar-refractivity contribution >= 4 is 17.4 Å². The number of carbonyl (C=O) groups is 2. The molecule has 5 atom stereocenters. The van der Waals surface area contributed by atoms with Crippen LogP contribution in [-0.2, 0) is 21.4 Å². The number of anilines is 1. The maximum absolute atomic E-state index is 13.9. The van der Waals surface area contributed by atoms with E-state index in [-0.39, 0.29) is 29.7 Å². The molecule has 3 N–H and O–H groups in total. The van der Waals surface area contributed by atoms with Crippen molar-refractivity contribution in [2.45, 2.75) is 55.3 Å². The number of phenolic OH excluding ortho intramolecular Hbond substituents is 1. The molecule has 2 heterocycles. The lowest BCUT2D eigenvalue weighted by Crippen LogP contribution is -2.78. The van der Waals surface area contributed by atoms with E-state index in [1.54, 1.807) is 30.3 Å². The number of phenols is 1. The first-order valence-electron chi connectivity index (χ1n) is 12.7. The Bertz CT molecular complexity index is 1360. The molecule has 5 aliphatic rings. The molecule has 1 unspecified atom stereocenters. The molecule has 8 nitrogen and oxygen atoms in total. The molecule has 0 aromatic heterocycles. The first-order valence-corrected chi connectivity index (χ1v) is 12.7. The fraction of sp³-hybridized carbons (Fsp3) is 0.464. The summed E-state index contributed by atoms with van der Waals surface area (Å²) in [5.41, 5.74) is 0.245. The van der Waals surface area contributed by atoms with Crippen molar-refractivity contribution in [1.29, 1.82) is 5.26 Å². The Morgan fingerprint density at radius 3 is 2.89 bits per heavy atom. The van der Waals surface area contributed by atoms with Crippen molar-refractivity contribution in [2.75, 3.05) is 18.4 Å². The smallest absolute Gasteiger partial charge is 0.235 e. The molecule has 1 spiro atoms. The van der Waals surface area contributed by atoms with Gasteiger partial charge in [-0.25, -0.2) is 0 Å². The van der Waals surface area contributed by atoms with Gasteiger partial charge >= 0.3 is 0 Å². The number of nitrogens with zero attached hydrogens (tertiary/aromatic N) is 2. The van der Waals surface area contributed by atoms with Crippen LogP contribution < -0.4 is 10.1 Å². The second kappa shape index (κ2) is 7.31. The highest BCUT2D eigenvalue weighted by molar-refractivity contribution is 6.10. The summed E-state index contributed by atoms with van der Waals surface area (Å²) in [6.07, 6.45) is 2.46. The summed E-state index contributed by atoms with van der Waals surface area (Å²) >= 11 is 0. The summed E-state index contributed by atoms with van der Waals surface area (Å²) in [7, 11) is 0. The number of hydrogen-bond acceptors (Lipinski definition) is 7. The van der Waals surface area contributed by atoms with Gasteiger partial charge in [-0.1, -0.05) is 12.1 Å². The average Bonchev–Trinajstić information content (AvgIpc) is 3.61. The predicted octanol–water partition coefficient (Wildman–Crippen LogP) is 2.26. The van der Waals surface area contributed by atoms with Crippen LogP contribution in [0.1, 0.15) is 42.4 Å². The van der Waals surface area contributed by atoms with Gasteiger partial charge in [0.1, 0.15) is 5.92 Å². The van der Waals surface area contributed by atoms with E-state index in [1.807, 2.05) is 12.1 Å². The largest absolute Gasteiger partial charge is 0.504 e. The van der Waals surface area contributed by atoms with Crippen molar-refractivity contribution in [2.24, 2.45) is 11.8 Å². The third-order valence-electron chi connectivity index (χ3n) is 9.21. The van der Waals surface area contributed by atoms with Crippen molar-refractivity contribution in [3.63, 3.8) is 0 Å². The van der Waals surface area contributed by atoms with E-state index in [2.05, 4.69) is 10.2 Å². The van der Waals surface area contributed by atoms with Gasteiger partial charge in [-0.2, -0.15) is 5.26 Å².